The highest BCUT2D eigenvalue weighted by molar-refractivity contribution is 7.89. The Kier molecular flexibility index (Phi) is 7.39. The van der Waals surface area contributed by atoms with Crippen molar-refractivity contribution >= 4 is 21.8 Å². The number of hydrogen-bond donors (Lipinski definition) is 2. The van der Waals surface area contributed by atoms with Crippen LogP contribution in [0.1, 0.15) is 19.4 Å². The van der Waals surface area contributed by atoms with Gasteiger partial charge in [-0.2, -0.15) is 4.31 Å². The summed E-state index contributed by atoms with van der Waals surface area (Å²) < 4.78 is 37.7. The third-order valence-corrected chi connectivity index (χ3v) is 6.12. The van der Waals surface area contributed by atoms with Crippen LogP contribution in [-0.4, -0.2) is 64.1 Å². The van der Waals surface area contributed by atoms with Crippen molar-refractivity contribution in [3.63, 3.8) is 0 Å². The average Bonchev–Trinajstić information content (AvgIpc) is 3.13. The summed E-state index contributed by atoms with van der Waals surface area (Å²) in [7, 11) is -2.31. The smallest absolute Gasteiger partial charge is 0.309 e. The summed E-state index contributed by atoms with van der Waals surface area (Å²) in [5, 5.41) is 4.94. The minimum atomic E-state index is -3.82. The summed E-state index contributed by atoms with van der Waals surface area (Å²) in [5.41, 5.74) is 0.690. The van der Waals surface area contributed by atoms with Crippen LogP contribution in [0.3, 0.4) is 0 Å². The molecule has 1 heterocycles. The van der Waals surface area contributed by atoms with E-state index >= 15 is 0 Å². The molecule has 0 aromatic heterocycles. The lowest BCUT2D eigenvalue weighted by Crippen LogP contribution is -2.47. The molecule has 156 valence electrons. The molecule has 1 aromatic carbocycles. The third-order valence-electron chi connectivity index (χ3n) is 4.23. The molecule has 2 rings (SSSR count). The first kappa shape index (κ1) is 22.1. The molecule has 0 bridgehead atoms. The number of amides is 2. The van der Waals surface area contributed by atoms with Gasteiger partial charge in [-0.3, -0.25) is 9.59 Å². The number of hydrogen-bond acceptors (Lipinski definition) is 6. The highest BCUT2D eigenvalue weighted by Gasteiger charge is 2.37. The number of nitrogens with one attached hydrogen (secondary N) is 2. The lowest BCUT2D eigenvalue weighted by Gasteiger charge is -2.23. The van der Waals surface area contributed by atoms with Gasteiger partial charge in [0, 0.05) is 13.1 Å². The SMILES string of the molecule is COc1ccc(S(=O)(=O)N2CCOC2CNC(=O)C(=O)NCC(C)C)cc1C. The molecule has 28 heavy (non-hydrogen) atoms. The zero-order chi connectivity index (χ0) is 20.9. The molecule has 2 N–H and O–H groups in total. The first-order chi connectivity index (χ1) is 13.2. The van der Waals surface area contributed by atoms with Gasteiger partial charge in [-0.05, 0) is 36.6 Å². The summed E-state index contributed by atoms with van der Waals surface area (Å²) in [6.07, 6.45) is -0.880. The van der Waals surface area contributed by atoms with E-state index in [1.807, 2.05) is 13.8 Å². The molecule has 10 heteroatoms. The Labute approximate surface area is 165 Å². The van der Waals surface area contributed by atoms with Gasteiger partial charge >= 0.3 is 11.8 Å². The Bertz CT molecular complexity index is 825. The van der Waals surface area contributed by atoms with E-state index in [9.17, 15) is 18.0 Å². The minimum absolute atomic E-state index is 0.113. The monoisotopic (exact) mass is 413 g/mol. The van der Waals surface area contributed by atoms with Crippen molar-refractivity contribution in [2.75, 3.05) is 33.4 Å². The van der Waals surface area contributed by atoms with E-state index in [1.54, 1.807) is 13.0 Å². The molecule has 1 aliphatic rings. The molecule has 0 spiro atoms. The molecule has 1 aliphatic heterocycles. The maximum absolute atomic E-state index is 13.0. The van der Waals surface area contributed by atoms with Gasteiger partial charge in [-0.15, -0.1) is 0 Å². The number of rotatable bonds is 7. The lowest BCUT2D eigenvalue weighted by molar-refractivity contribution is -0.139. The number of benzene rings is 1. The second kappa shape index (κ2) is 9.35. The van der Waals surface area contributed by atoms with E-state index in [-0.39, 0.29) is 30.5 Å². The van der Waals surface area contributed by atoms with Crippen molar-refractivity contribution in [3.05, 3.63) is 23.8 Å². The van der Waals surface area contributed by atoms with E-state index in [4.69, 9.17) is 9.47 Å². The molecule has 1 fully saturated rings. The van der Waals surface area contributed by atoms with Crippen molar-refractivity contribution in [2.45, 2.75) is 31.9 Å². The fourth-order valence-corrected chi connectivity index (χ4v) is 4.32. The molecule has 0 aliphatic carbocycles. The zero-order valence-corrected chi connectivity index (χ0v) is 17.3. The van der Waals surface area contributed by atoms with Gasteiger partial charge in [0.05, 0.1) is 25.2 Å². The van der Waals surface area contributed by atoms with Gasteiger partial charge < -0.3 is 20.1 Å². The van der Waals surface area contributed by atoms with Gasteiger partial charge in [-0.25, -0.2) is 8.42 Å². The molecular weight excluding hydrogens is 386 g/mol. The number of aryl methyl sites for hydroxylation is 1. The number of ether oxygens (including phenoxy) is 2. The summed E-state index contributed by atoms with van der Waals surface area (Å²) in [6.45, 7) is 6.20. The average molecular weight is 413 g/mol. The summed E-state index contributed by atoms with van der Waals surface area (Å²) in [5.74, 6) is -0.781. The Morgan fingerprint density at radius 2 is 1.96 bits per heavy atom. The number of methoxy groups -OCH3 is 1. The van der Waals surface area contributed by atoms with Crippen LogP contribution in [0.25, 0.3) is 0 Å². The van der Waals surface area contributed by atoms with Crippen LogP contribution in [0.2, 0.25) is 0 Å². The van der Waals surface area contributed by atoms with Gasteiger partial charge in [0.2, 0.25) is 10.0 Å². The standard InChI is InChI=1S/C18H27N3O6S/c1-12(2)10-19-17(22)18(23)20-11-16-21(7-8-27-16)28(24,25)14-5-6-15(26-4)13(3)9-14/h5-6,9,12,16H,7-8,10-11H2,1-4H3,(H,19,22)(H,20,23). The highest BCUT2D eigenvalue weighted by Crippen LogP contribution is 2.26. The van der Waals surface area contributed by atoms with Crippen molar-refractivity contribution < 1.29 is 27.5 Å². The van der Waals surface area contributed by atoms with Crippen molar-refractivity contribution in [3.8, 4) is 5.75 Å². The third kappa shape index (κ3) is 5.21. The van der Waals surface area contributed by atoms with Crippen molar-refractivity contribution in [2.24, 2.45) is 5.92 Å². The Hall–Kier alpha value is -2.17. The van der Waals surface area contributed by atoms with Gasteiger partial charge in [0.1, 0.15) is 12.0 Å². The zero-order valence-electron chi connectivity index (χ0n) is 16.5. The molecule has 1 aromatic rings. The van der Waals surface area contributed by atoms with E-state index in [0.717, 1.165) is 0 Å². The van der Waals surface area contributed by atoms with Crippen LogP contribution in [-0.2, 0) is 24.3 Å². The van der Waals surface area contributed by atoms with E-state index in [2.05, 4.69) is 10.6 Å². The largest absolute Gasteiger partial charge is 0.496 e. The van der Waals surface area contributed by atoms with Crippen LogP contribution in [0.4, 0.5) is 0 Å². The molecule has 2 amide bonds. The van der Waals surface area contributed by atoms with Gasteiger partial charge in [0.15, 0.2) is 0 Å². The van der Waals surface area contributed by atoms with Gasteiger partial charge in [-0.1, -0.05) is 13.8 Å². The highest BCUT2D eigenvalue weighted by atomic mass is 32.2. The Morgan fingerprint density at radius 1 is 1.29 bits per heavy atom. The van der Waals surface area contributed by atoms with Crippen LogP contribution in [0.15, 0.2) is 23.1 Å². The number of sulfonamides is 1. The summed E-state index contributed by atoms with van der Waals surface area (Å²) in [6, 6.07) is 4.59. The van der Waals surface area contributed by atoms with E-state index < -0.39 is 28.1 Å². The maximum Gasteiger partial charge on any atom is 0.309 e. The van der Waals surface area contributed by atoms with Crippen LogP contribution in [0.5, 0.6) is 5.75 Å². The molecular formula is C18H27N3O6S. The number of carbonyl (C=O) groups excluding carboxylic acids is 2. The van der Waals surface area contributed by atoms with Crippen LogP contribution < -0.4 is 15.4 Å². The minimum Gasteiger partial charge on any atom is -0.496 e. The number of nitrogens with zero attached hydrogens (tertiary/aromatic N) is 1. The lowest BCUT2D eigenvalue weighted by atomic mass is 10.2. The van der Waals surface area contributed by atoms with Crippen molar-refractivity contribution in [1.29, 1.82) is 0 Å². The topological polar surface area (TPSA) is 114 Å². The first-order valence-corrected chi connectivity index (χ1v) is 10.4. The first-order valence-electron chi connectivity index (χ1n) is 9.01. The number of carbonyl (C=O) groups is 2. The summed E-state index contributed by atoms with van der Waals surface area (Å²) >= 11 is 0. The molecule has 9 nitrogen and oxygen atoms in total. The molecule has 0 radical (unpaired) electrons. The quantitative estimate of drug-likeness (QED) is 0.619. The molecule has 0 saturated carbocycles. The molecule has 1 atom stereocenters. The van der Waals surface area contributed by atoms with Gasteiger partial charge in [0.25, 0.3) is 0 Å². The second-order valence-corrected chi connectivity index (χ2v) is 8.78. The molecule has 1 unspecified atom stereocenters. The van der Waals surface area contributed by atoms with Crippen molar-refractivity contribution in [1.82, 2.24) is 14.9 Å². The maximum atomic E-state index is 13.0. The Morgan fingerprint density at radius 3 is 2.57 bits per heavy atom. The predicted molar refractivity (Wildman–Crippen MR) is 102 cm³/mol. The predicted octanol–water partition coefficient (Wildman–Crippen LogP) is 0.239. The van der Waals surface area contributed by atoms with E-state index in [1.165, 1.54) is 23.5 Å². The van der Waals surface area contributed by atoms with Crippen LogP contribution >= 0.6 is 0 Å². The fraction of sp³-hybridized carbons (Fsp3) is 0.556. The summed E-state index contributed by atoms with van der Waals surface area (Å²) in [4.78, 5) is 23.7. The Balaban J connectivity index is 2.04. The van der Waals surface area contributed by atoms with E-state index in [0.29, 0.717) is 17.9 Å². The molecule has 1 saturated heterocycles. The fourth-order valence-electron chi connectivity index (χ4n) is 2.73. The van der Waals surface area contributed by atoms with Crippen LogP contribution in [0, 0.1) is 12.8 Å². The second-order valence-electron chi connectivity index (χ2n) is 6.89. The normalized spacial score (nSPS) is 17.5.